The van der Waals surface area contributed by atoms with Crippen molar-refractivity contribution in [2.75, 3.05) is 5.73 Å². The molecule has 0 amide bonds. The second-order valence-corrected chi connectivity index (χ2v) is 6.66. The highest BCUT2D eigenvalue weighted by atomic mass is 32.1. The molecule has 0 unspecified atom stereocenters. The molecule has 0 saturated carbocycles. The zero-order chi connectivity index (χ0) is 16.3. The maximum absolute atomic E-state index is 12.0. The highest BCUT2D eigenvalue weighted by Crippen LogP contribution is 2.18. The number of hydrogen-bond acceptors (Lipinski definition) is 8. The van der Waals surface area contributed by atoms with Gasteiger partial charge in [-0.3, -0.25) is 4.79 Å². The minimum absolute atomic E-state index is 0.0421. The van der Waals surface area contributed by atoms with E-state index in [1.54, 1.807) is 26.2 Å². The molecule has 0 aliphatic carbocycles. The van der Waals surface area contributed by atoms with Gasteiger partial charge in [0.2, 0.25) is 5.60 Å². The van der Waals surface area contributed by atoms with Gasteiger partial charge in [0, 0.05) is 5.38 Å². The van der Waals surface area contributed by atoms with Gasteiger partial charge < -0.3 is 15.3 Å². The van der Waals surface area contributed by atoms with E-state index in [1.165, 1.54) is 25.2 Å². The smallest absolute Gasteiger partial charge is 0.353 e. The van der Waals surface area contributed by atoms with Crippen molar-refractivity contribution in [1.82, 2.24) is 4.98 Å². The van der Waals surface area contributed by atoms with Crippen LogP contribution in [0.1, 0.15) is 40.3 Å². The van der Waals surface area contributed by atoms with Gasteiger partial charge in [-0.15, -0.1) is 11.3 Å². The molecule has 1 aromatic rings. The Morgan fingerprint density at radius 2 is 2.00 bits per heavy atom. The standard InChI is InChI=1S/C13H19N3O4S/c1-12(2,3)19-10(18)13(4,5)20-16-8(6-17)9-7-21-11(14)15-9/h6-7H,1-5H3,(H2,14,15)/b16-8+. The van der Waals surface area contributed by atoms with Crippen molar-refractivity contribution >= 4 is 34.4 Å². The number of aromatic nitrogens is 1. The van der Waals surface area contributed by atoms with Crippen LogP contribution in [-0.2, 0) is 19.2 Å². The summed E-state index contributed by atoms with van der Waals surface area (Å²) in [4.78, 5) is 32.1. The van der Waals surface area contributed by atoms with Crippen LogP contribution in [0.3, 0.4) is 0 Å². The van der Waals surface area contributed by atoms with Crippen molar-refractivity contribution in [1.29, 1.82) is 0 Å². The number of ether oxygens (including phenoxy) is 1. The number of nitrogen functional groups attached to an aromatic ring is 1. The lowest BCUT2D eigenvalue weighted by molar-refractivity contribution is -0.179. The van der Waals surface area contributed by atoms with Gasteiger partial charge in [-0.2, -0.15) is 0 Å². The fourth-order valence-corrected chi connectivity index (χ4v) is 1.69. The van der Waals surface area contributed by atoms with Crippen LogP contribution in [-0.4, -0.2) is 34.2 Å². The van der Waals surface area contributed by atoms with Crippen molar-refractivity contribution in [3.05, 3.63) is 11.1 Å². The Labute approximate surface area is 127 Å². The van der Waals surface area contributed by atoms with Crippen LogP contribution in [0.4, 0.5) is 5.13 Å². The molecule has 2 N–H and O–H groups in total. The van der Waals surface area contributed by atoms with E-state index in [2.05, 4.69) is 10.1 Å². The quantitative estimate of drug-likeness (QED) is 0.384. The van der Waals surface area contributed by atoms with Crippen LogP contribution in [0.25, 0.3) is 0 Å². The minimum atomic E-state index is -1.33. The second kappa shape index (κ2) is 6.21. The average molecular weight is 313 g/mol. The number of oxime groups is 1. The molecule has 8 heteroatoms. The fourth-order valence-electron chi connectivity index (χ4n) is 1.14. The molecule has 1 heterocycles. The summed E-state index contributed by atoms with van der Waals surface area (Å²) in [6.45, 7) is 8.25. The van der Waals surface area contributed by atoms with Gasteiger partial charge in [0.15, 0.2) is 17.1 Å². The van der Waals surface area contributed by atoms with Crippen molar-refractivity contribution in [3.8, 4) is 0 Å². The number of anilines is 1. The van der Waals surface area contributed by atoms with Gasteiger partial charge in [-0.25, -0.2) is 9.78 Å². The Morgan fingerprint density at radius 3 is 2.43 bits per heavy atom. The summed E-state index contributed by atoms with van der Waals surface area (Å²) < 4.78 is 5.22. The molecule has 0 fully saturated rings. The van der Waals surface area contributed by atoms with Crippen molar-refractivity contribution in [2.24, 2.45) is 5.16 Å². The lowest BCUT2D eigenvalue weighted by Crippen LogP contribution is -2.40. The number of hydrogen-bond donors (Lipinski definition) is 1. The monoisotopic (exact) mass is 313 g/mol. The van der Waals surface area contributed by atoms with Gasteiger partial charge in [0.25, 0.3) is 0 Å². The van der Waals surface area contributed by atoms with Crippen LogP contribution in [0.5, 0.6) is 0 Å². The topological polar surface area (TPSA) is 104 Å². The molecule has 116 valence electrons. The van der Waals surface area contributed by atoms with Crippen LogP contribution in [0, 0.1) is 0 Å². The molecule has 0 aromatic carbocycles. The van der Waals surface area contributed by atoms with Crippen LogP contribution in [0.2, 0.25) is 0 Å². The first-order valence-electron chi connectivity index (χ1n) is 6.21. The SMILES string of the molecule is CC(C)(C)OC(=O)C(C)(C)O/N=C(\C=O)c1csc(N)n1. The lowest BCUT2D eigenvalue weighted by Gasteiger charge is -2.26. The first kappa shape index (κ1) is 17.1. The number of nitrogens with zero attached hydrogens (tertiary/aromatic N) is 2. The van der Waals surface area contributed by atoms with E-state index in [-0.39, 0.29) is 5.71 Å². The van der Waals surface area contributed by atoms with E-state index >= 15 is 0 Å². The maximum Gasteiger partial charge on any atom is 0.353 e. The van der Waals surface area contributed by atoms with E-state index in [0.29, 0.717) is 17.1 Å². The lowest BCUT2D eigenvalue weighted by atomic mass is 10.1. The highest BCUT2D eigenvalue weighted by Gasteiger charge is 2.35. The van der Waals surface area contributed by atoms with Gasteiger partial charge in [-0.05, 0) is 34.6 Å². The third-order valence-electron chi connectivity index (χ3n) is 2.16. The zero-order valence-corrected chi connectivity index (χ0v) is 13.5. The Hall–Kier alpha value is -1.96. The number of nitrogens with two attached hydrogens (primary N) is 1. The van der Waals surface area contributed by atoms with E-state index < -0.39 is 17.2 Å². The highest BCUT2D eigenvalue weighted by molar-refractivity contribution is 7.13. The summed E-state index contributed by atoms with van der Waals surface area (Å²) in [7, 11) is 0. The Bertz CT molecular complexity index is 558. The third-order valence-corrected chi connectivity index (χ3v) is 2.83. The zero-order valence-electron chi connectivity index (χ0n) is 12.7. The minimum Gasteiger partial charge on any atom is -0.457 e. The Kier molecular flexibility index (Phi) is 5.06. The second-order valence-electron chi connectivity index (χ2n) is 5.77. The van der Waals surface area contributed by atoms with E-state index in [1.807, 2.05) is 0 Å². The van der Waals surface area contributed by atoms with E-state index in [4.69, 9.17) is 15.3 Å². The van der Waals surface area contributed by atoms with Crippen LogP contribution >= 0.6 is 11.3 Å². The molecule has 0 bridgehead atoms. The summed E-state index contributed by atoms with van der Waals surface area (Å²) in [5, 5.41) is 5.57. The van der Waals surface area contributed by atoms with Crippen LogP contribution in [0.15, 0.2) is 10.5 Å². The molecule has 0 saturated heterocycles. The summed E-state index contributed by atoms with van der Waals surface area (Å²) >= 11 is 1.18. The third kappa shape index (κ3) is 5.14. The number of aldehydes is 1. The first-order chi connectivity index (χ1) is 9.55. The molecule has 7 nitrogen and oxygen atoms in total. The van der Waals surface area contributed by atoms with Gasteiger partial charge in [-0.1, -0.05) is 5.16 Å². The summed E-state index contributed by atoms with van der Waals surface area (Å²) in [5.41, 5.74) is 3.78. The van der Waals surface area contributed by atoms with Crippen molar-refractivity contribution in [3.63, 3.8) is 0 Å². The molecule has 0 spiro atoms. The summed E-state index contributed by atoms with van der Waals surface area (Å²) in [5.74, 6) is -0.582. The molecular weight excluding hydrogens is 294 g/mol. The number of carbonyl (C=O) groups excluding carboxylic acids is 2. The van der Waals surface area contributed by atoms with Crippen LogP contribution < -0.4 is 5.73 Å². The number of thiazole rings is 1. The summed E-state index contributed by atoms with van der Waals surface area (Å²) in [6, 6.07) is 0. The average Bonchev–Trinajstić information content (AvgIpc) is 2.74. The fraction of sp³-hybridized carbons (Fsp3) is 0.538. The first-order valence-corrected chi connectivity index (χ1v) is 7.09. The molecule has 0 atom stereocenters. The van der Waals surface area contributed by atoms with Crippen molar-refractivity contribution in [2.45, 2.75) is 45.8 Å². The molecular formula is C13H19N3O4S. The summed E-state index contributed by atoms with van der Waals surface area (Å²) in [6.07, 6.45) is 0.486. The maximum atomic E-state index is 12.0. The predicted octanol–water partition coefficient (Wildman–Crippen LogP) is 1.77. The van der Waals surface area contributed by atoms with Crippen molar-refractivity contribution < 1.29 is 19.2 Å². The molecule has 21 heavy (non-hydrogen) atoms. The number of esters is 1. The predicted molar refractivity (Wildman–Crippen MR) is 80.1 cm³/mol. The normalized spacial score (nSPS) is 12.9. The Morgan fingerprint density at radius 1 is 1.38 bits per heavy atom. The molecule has 0 aliphatic heterocycles. The molecule has 1 rings (SSSR count). The van der Waals surface area contributed by atoms with E-state index in [0.717, 1.165) is 0 Å². The molecule has 1 aromatic heterocycles. The van der Waals surface area contributed by atoms with Gasteiger partial charge >= 0.3 is 5.97 Å². The molecule has 0 radical (unpaired) electrons. The molecule has 0 aliphatic rings. The van der Waals surface area contributed by atoms with E-state index in [9.17, 15) is 9.59 Å². The largest absolute Gasteiger partial charge is 0.457 e. The number of carbonyl (C=O) groups is 2. The van der Waals surface area contributed by atoms with Gasteiger partial charge in [0.1, 0.15) is 11.3 Å². The number of rotatable bonds is 5. The Balaban J connectivity index is 2.85. The van der Waals surface area contributed by atoms with Gasteiger partial charge in [0.05, 0.1) is 0 Å².